The van der Waals surface area contributed by atoms with Crippen LogP contribution in [0.15, 0.2) is 36.7 Å². The van der Waals surface area contributed by atoms with Crippen molar-refractivity contribution in [3.8, 4) is 0 Å². The van der Waals surface area contributed by atoms with Crippen LogP contribution in [-0.4, -0.2) is 45.2 Å². The predicted octanol–water partition coefficient (Wildman–Crippen LogP) is 2.25. The number of likely N-dealkylation sites (N-methyl/N-ethyl adjacent to an activating group) is 1. The van der Waals surface area contributed by atoms with Crippen molar-refractivity contribution in [3.05, 3.63) is 41.7 Å². The zero-order chi connectivity index (χ0) is 16.2. The van der Waals surface area contributed by atoms with Crippen molar-refractivity contribution in [2.75, 3.05) is 30.4 Å². The summed E-state index contributed by atoms with van der Waals surface area (Å²) in [5.74, 6) is 1.01. The molecular formula is C15H15ClN6O. The number of anilines is 3. The minimum absolute atomic E-state index is 0.0122. The van der Waals surface area contributed by atoms with Crippen molar-refractivity contribution < 1.29 is 5.11 Å². The third kappa shape index (κ3) is 3.46. The monoisotopic (exact) mass is 330 g/mol. The summed E-state index contributed by atoms with van der Waals surface area (Å²) in [6, 6.07) is 7.28. The van der Waals surface area contributed by atoms with Crippen molar-refractivity contribution in [2.24, 2.45) is 0 Å². The van der Waals surface area contributed by atoms with Crippen LogP contribution in [0.1, 0.15) is 0 Å². The molecule has 7 nitrogen and oxygen atoms in total. The number of halogens is 1. The molecule has 0 bridgehead atoms. The van der Waals surface area contributed by atoms with Crippen molar-refractivity contribution in [1.82, 2.24) is 19.9 Å². The summed E-state index contributed by atoms with van der Waals surface area (Å²) < 4.78 is 0. The Morgan fingerprint density at radius 1 is 1.13 bits per heavy atom. The van der Waals surface area contributed by atoms with E-state index in [2.05, 4.69) is 25.3 Å². The summed E-state index contributed by atoms with van der Waals surface area (Å²) in [4.78, 5) is 19.2. The maximum Gasteiger partial charge on any atom is 0.229 e. The average Bonchev–Trinajstić information content (AvgIpc) is 2.57. The first-order valence-corrected chi connectivity index (χ1v) is 7.38. The van der Waals surface area contributed by atoms with Gasteiger partial charge in [0.15, 0.2) is 17.0 Å². The van der Waals surface area contributed by atoms with Gasteiger partial charge in [-0.25, -0.2) is 9.97 Å². The Hall–Kier alpha value is -2.51. The number of nitrogens with one attached hydrogen (secondary N) is 1. The molecule has 3 aromatic rings. The fourth-order valence-corrected chi connectivity index (χ4v) is 2.16. The lowest BCUT2D eigenvalue weighted by molar-refractivity contribution is 0.303. The molecule has 23 heavy (non-hydrogen) atoms. The summed E-state index contributed by atoms with van der Waals surface area (Å²) in [7, 11) is 1.81. The SMILES string of the molecule is CN(CCO)c1nc(Nc2ccc(Cl)cc2)c2nccnc2n1. The first-order chi connectivity index (χ1) is 11.2. The maximum absolute atomic E-state index is 9.09. The van der Waals surface area contributed by atoms with Crippen LogP contribution in [-0.2, 0) is 0 Å². The van der Waals surface area contributed by atoms with E-state index in [-0.39, 0.29) is 6.61 Å². The number of hydrogen-bond acceptors (Lipinski definition) is 7. The molecule has 2 N–H and O–H groups in total. The molecule has 1 aromatic carbocycles. The minimum Gasteiger partial charge on any atom is -0.395 e. The van der Waals surface area contributed by atoms with Crippen LogP contribution in [0.3, 0.4) is 0 Å². The van der Waals surface area contributed by atoms with Crippen molar-refractivity contribution >= 4 is 40.2 Å². The second-order valence-corrected chi connectivity index (χ2v) is 5.31. The molecule has 0 atom stereocenters. The zero-order valence-corrected chi connectivity index (χ0v) is 13.2. The second kappa shape index (κ2) is 6.72. The Morgan fingerprint density at radius 3 is 2.61 bits per heavy atom. The molecule has 0 radical (unpaired) electrons. The average molecular weight is 331 g/mol. The van der Waals surface area contributed by atoms with E-state index in [4.69, 9.17) is 16.7 Å². The number of nitrogens with zero attached hydrogens (tertiary/aromatic N) is 5. The van der Waals surface area contributed by atoms with Crippen LogP contribution in [0.4, 0.5) is 17.5 Å². The molecule has 118 valence electrons. The molecule has 0 saturated carbocycles. The standard InChI is InChI=1S/C15H15ClN6O/c1-22(8-9-23)15-20-13-12(17-6-7-18-13)14(21-15)19-11-4-2-10(16)3-5-11/h2-7,23H,8-9H2,1H3,(H,18,19,20,21). The molecule has 0 aliphatic rings. The molecule has 0 spiro atoms. The summed E-state index contributed by atoms with van der Waals surface area (Å²) in [6.45, 7) is 0.435. The molecule has 0 aliphatic heterocycles. The highest BCUT2D eigenvalue weighted by atomic mass is 35.5. The van der Waals surface area contributed by atoms with E-state index in [1.165, 1.54) is 0 Å². The van der Waals surface area contributed by atoms with Crippen LogP contribution in [0.5, 0.6) is 0 Å². The Balaban J connectivity index is 2.04. The van der Waals surface area contributed by atoms with Gasteiger partial charge in [0.25, 0.3) is 0 Å². The van der Waals surface area contributed by atoms with Crippen molar-refractivity contribution in [2.45, 2.75) is 0 Å². The quantitative estimate of drug-likeness (QED) is 0.741. The number of aliphatic hydroxyl groups excluding tert-OH is 1. The molecule has 2 heterocycles. The molecule has 0 amide bonds. The van der Waals surface area contributed by atoms with Gasteiger partial charge >= 0.3 is 0 Å². The van der Waals surface area contributed by atoms with Gasteiger partial charge in [-0.15, -0.1) is 0 Å². The van der Waals surface area contributed by atoms with E-state index in [1.807, 2.05) is 12.1 Å². The Kier molecular flexibility index (Phi) is 4.50. The van der Waals surface area contributed by atoms with Crippen LogP contribution >= 0.6 is 11.6 Å². The first-order valence-electron chi connectivity index (χ1n) is 7.00. The molecule has 0 unspecified atom stereocenters. The molecule has 8 heteroatoms. The first kappa shape index (κ1) is 15.4. The lowest BCUT2D eigenvalue weighted by Gasteiger charge is -2.17. The van der Waals surface area contributed by atoms with Crippen molar-refractivity contribution in [3.63, 3.8) is 0 Å². The fraction of sp³-hybridized carbons (Fsp3) is 0.200. The molecule has 2 aromatic heterocycles. The van der Waals surface area contributed by atoms with Gasteiger partial charge in [-0.05, 0) is 24.3 Å². The fourth-order valence-electron chi connectivity index (χ4n) is 2.03. The highest BCUT2D eigenvalue weighted by molar-refractivity contribution is 6.30. The number of aromatic nitrogens is 4. The van der Waals surface area contributed by atoms with E-state index in [9.17, 15) is 0 Å². The smallest absolute Gasteiger partial charge is 0.229 e. The highest BCUT2D eigenvalue weighted by Crippen LogP contribution is 2.24. The number of fused-ring (bicyclic) bond motifs is 1. The summed E-state index contributed by atoms with van der Waals surface area (Å²) in [6.07, 6.45) is 3.17. The molecule has 3 rings (SSSR count). The number of hydrogen-bond donors (Lipinski definition) is 2. The third-order valence-corrected chi connectivity index (χ3v) is 3.46. The van der Waals surface area contributed by atoms with Gasteiger partial charge < -0.3 is 15.3 Å². The summed E-state index contributed by atoms with van der Waals surface area (Å²) in [5.41, 5.74) is 1.89. The van der Waals surface area contributed by atoms with Gasteiger partial charge in [0.05, 0.1) is 6.61 Å². The molecule has 0 saturated heterocycles. The Bertz CT molecular complexity index is 811. The van der Waals surface area contributed by atoms with Crippen LogP contribution in [0, 0.1) is 0 Å². The van der Waals surface area contributed by atoms with E-state index in [0.29, 0.717) is 34.5 Å². The summed E-state index contributed by atoms with van der Waals surface area (Å²) >= 11 is 5.91. The Labute approximate surface area is 138 Å². The Morgan fingerprint density at radius 2 is 1.87 bits per heavy atom. The minimum atomic E-state index is 0.0122. The number of rotatable bonds is 5. The second-order valence-electron chi connectivity index (χ2n) is 4.88. The van der Waals surface area contributed by atoms with Crippen LogP contribution in [0.25, 0.3) is 11.2 Å². The number of aliphatic hydroxyl groups is 1. The lowest BCUT2D eigenvalue weighted by atomic mass is 10.3. The van der Waals surface area contributed by atoms with E-state index < -0.39 is 0 Å². The normalized spacial score (nSPS) is 10.7. The maximum atomic E-state index is 9.09. The predicted molar refractivity (Wildman–Crippen MR) is 90.2 cm³/mol. The highest BCUT2D eigenvalue weighted by Gasteiger charge is 2.12. The van der Waals surface area contributed by atoms with E-state index in [1.54, 1.807) is 36.5 Å². The third-order valence-electron chi connectivity index (χ3n) is 3.20. The van der Waals surface area contributed by atoms with Crippen LogP contribution < -0.4 is 10.2 Å². The lowest BCUT2D eigenvalue weighted by Crippen LogP contribution is -2.23. The molecular weight excluding hydrogens is 316 g/mol. The van der Waals surface area contributed by atoms with E-state index in [0.717, 1.165) is 5.69 Å². The van der Waals surface area contributed by atoms with Gasteiger partial charge in [0.2, 0.25) is 5.95 Å². The van der Waals surface area contributed by atoms with Gasteiger partial charge in [0, 0.05) is 36.7 Å². The zero-order valence-electron chi connectivity index (χ0n) is 12.4. The van der Waals surface area contributed by atoms with Crippen molar-refractivity contribution in [1.29, 1.82) is 0 Å². The molecule has 0 aliphatic carbocycles. The number of benzene rings is 1. The topological polar surface area (TPSA) is 87.1 Å². The molecule has 0 fully saturated rings. The van der Waals surface area contributed by atoms with E-state index >= 15 is 0 Å². The summed E-state index contributed by atoms with van der Waals surface area (Å²) in [5, 5.41) is 13.0. The van der Waals surface area contributed by atoms with Gasteiger partial charge in [-0.2, -0.15) is 9.97 Å². The van der Waals surface area contributed by atoms with Gasteiger partial charge in [-0.3, -0.25) is 0 Å². The van der Waals surface area contributed by atoms with Gasteiger partial charge in [-0.1, -0.05) is 11.6 Å². The van der Waals surface area contributed by atoms with Gasteiger partial charge in [0.1, 0.15) is 0 Å². The largest absolute Gasteiger partial charge is 0.395 e. The van der Waals surface area contributed by atoms with Crippen LogP contribution in [0.2, 0.25) is 5.02 Å².